The first kappa shape index (κ1) is 19.3. The summed E-state index contributed by atoms with van der Waals surface area (Å²) in [4.78, 5) is 7.34. The molecule has 1 saturated heterocycles. The van der Waals surface area contributed by atoms with Crippen LogP contribution in [-0.2, 0) is 4.74 Å². The van der Waals surface area contributed by atoms with E-state index in [4.69, 9.17) is 9.73 Å². The molecule has 1 fully saturated rings. The number of hydrogen-bond donors (Lipinski definition) is 1. The lowest BCUT2D eigenvalue weighted by atomic mass is 9.78. The van der Waals surface area contributed by atoms with Crippen molar-refractivity contribution in [3.8, 4) is 0 Å². The molecule has 0 aromatic carbocycles. The van der Waals surface area contributed by atoms with Crippen molar-refractivity contribution in [2.75, 3.05) is 39.9 Å². The third kappa shape index (κ3) is 6.99. The van der Waals surface area contributed by atoms with Gasteiger partial charge in [-0.05, 0) is 50.9 Å². The SMILES string of the molecule is CCCC1(C)CCCN(C(=NCCCCCOC)NCC)C1. The topological polar surface area (TPSA) is 36.9 Å². The number of guanidine groups is 1. The van der Waals surface area contributed by atoms with Crippen LogP contribution in [0.2, 0.25) is 0 Å². The maximum Gasteiger partial charge on any atom is 0.193 e. The highest BCUT2D eigenvalue weighted by molar-refractivity contribution is 5.80. The maximum atomic E-state index is 5.09. The van der Waals surface area contributed by atoms with E-state index >= 15 is 0 Å². The molecule has 1 N–H and O–H groups in total. The van der Waals surface area contributed by atoms with Crippen LogP contribution in [0.4, 0.5) is 0 Å². The summed E-state index contributed by atoms with van der Waals surface area (Å²) in [7, 11) is 1.77. The molecule has 0 spiro atoms. The summed E-state index contributed by atoms with van der Waals surface area (Å²) in [5.41, 5.74) is 0.460. The van der Waals surface area contributed by atoms with Crippen molar-refractivity contribution in [2.45, 2.75) is 65.7 Å². The number of unbranched alkanes of at least 4 members (excludes halogenated alkanes) is 2. The minimum atomic E-state index is 0.460. The highest BCUT2D eigenvalue weighted by atomic mass is 16.5. The fraction of sp³-hybridized carbons (Fsp3) is 0.944. The Morgan fingerprint density at radius 1 is 1.27 bits per heavy atom. The Kier molecular flexibility index (Phi) is 9.53. The number of methoxy groups -OCH3 is 1. The third-order valence-corrected chi connectivity index (χ3v) is 4.54. The molecule has 0 radical (unpaired) electrons. The third-order valence-electron chi connectivity index (χ3n) is 4.54. The minimum absolute atomic E-state index is 0.460. The molecule has 1 aliphatic heterocycles. The maximum absolute atomic E-state index is 5.09. The van der Waals surface area contributed by atoms with E-state index in [-0.39, 0.29) is 0 Å². The number of hydrogen-bond acceptors (Lipinski definition) is 2. The Hall–Kier alpha value is -0.770. The second kappa shape index (κ2) is 10.9. The van der Waals surface area contributed by atoms with Crippen molar-refractivity contribution < 1.29 is 4.74 Å². The molecule has 1 rings (SSSR count). The molecule has 0 aliphatic carbocycles. The number of nitrogens with zero attached hydrogens (tertiary/aromatic N) is 2. The van der Waals surface area contributed by atoms with Crippen molar-refractivity contribution >= 4 is 5.96 Å². The Bertz CT molecular complexity index is 315. The molecule has 0 amide bonds. The number of likely N-dealkylation sites (tertiary alicyclic amines) is 1. The van der Waals surface area contributed by atoms with E-state index in [1.165, 1.54) is 32.1 Å². The first-order valence-corrected chi connectivity index (χ1v) is 9.17. The molecule has 0 aromatic rings. The van der Waals surface area contributed by atoms with Gasteiger partial charge in [0.15, 0.2) is 5.96 Å². The fourth-order valence-corrected chi connectivity index (χ4v) is 3.45. The van der Waals surface area contributed by atoms with Gasteiger partial charge in [0.2, 0.25) is 0 Å². The summed E-state index contributed by atoms with van der Waals surface area (Å²) in [6.07, 6.45) is 8.73. The predicted octanol–water partition coefficient (Wildman–Crippen LogP) is 3.67. The number of nitrogens with one attached hydrogen (secondary N) is 1. The predicted molar refractivity (Wildman–Crippen MR) is 95.5 cm³/mol. The van der Waals surface area contributed by atoms with Crippen molar-refractivity contribution in [3.63, 3.8) is 0 Å². The minimum Gasteiger partial charge on any atom is -0.385 e. The molecule has 0 bridgehead atoms. The fourth-order valence-electron chi connectivity index (χ4n) is 3.45. The zero-order valence-corrected chi connectivity index (χ0v) is 15.3. The van der Waals surface area contributed by atoms with E-state index in [0.29, 0.717) is 5.41 Å². The van der Waals surface area contributed by atoms with E-state index in [9.17, 15) is 0 Å². The normalized spacial score (nSPS) is 22.9. The molecule has 0 saturated carbocycles. The Labute approximate surface area is 137 Å². The van der Waals surface area contributed by atoms with Crippen molar-refractivity contribution in [3.05, 3.63) is 0 Å². The standard InChI is InChI=1S/C18H37N3O/c1-5-11-18(3)12-10-14-21(16-18)17(19-6-2)20-13-8-7-9-15-22-4/h5-16H2,1-4H3,(H,19,20). The van der Waals surface area contributed by atoms with Crippen molar-refractivity contribution in [1.29, 1.82) is 0 Å². The van der Waals surface area contributed by atoms with E-state index in [1.54, 1.807) is 7.11 Å². The van der Waals surface area contributed by atoms with Gasteiger partial charge in [-0.1, -0.05) is 20.3 Å². The van der Waals surface area contributed by atoms with Gasteiger partial charge in [-0.3, -0.25) is 4.99 Å². The van der Waals surface area contributed by atoms with E-state index in [1.807, 2.05) is 0 Å². The number of piperidine rings is 1. The van der Waals surface area contributed by atoms with Crippen LogP contribution >= 0.6 is 0 Å². The van der Waals surface area contributed by atoms with Gasteiger partial charge in [0.1, 0.15) is 0 Å². The monoisotopic (exact) mass is 311 g/mol. The summed E-state index contributed by atoms with van der Waals surface area (Å²) in [5, 5.41) is 3.49. The van der Waals surface area contributed by atoms with Gasteiger partial charge in [0.25, 0.3) is 0 Å². The molecule has 0 aromatic heterocycles. The van der Waals surface area contributed by atoms with Crippen LogP contribution in [0, 0.1) is 5.41 Å². The number of rotatable bonds is 9. The zero-order valence-electron chi connectivity index (χ0n) is 15.3. The molecule has 4 heteroatoms. The van der Waals surface area contributed by atoms with Gasteiger partial charge < -0.3 is 15.0 Å². The highest BCUT2D eigenvalue weighted by Crippen LogP contribution is 2.33. The van der Waals surface area contributed by atoms with Gasteiger partial charge in [0, 0.05) is 39.9 Å². The van der Waals surface area contributed by atoms with Crippen LogP contribution in [0.5, 0.6) is 0 Å². The van der Waals surface area contributed by atoms with Crippen molar-refractivity contribution in [1.82, 2.24) is 10.2 Å². The van der Waals surface area contributed by atoms with Crippen LogP contribution in [0.15, 0.2) is 4.99 Å². The first-order valence-electron chi connectivity index (χ1n) is 9.17. The summed E-state index contributed by atoms with van der Waals surface area (Å²) >= 11 is 0. The zero-order chi connectivity index (χ0) is 16.3. The van der Waals surface area contributed by atoms with Gasteiger partial charge in [-0.2, -0.15) is 0 Å². The highest BCUT2D eigenvalue weighted by Gasteiger charge is 2.31. The second-order valence-corrected chi connectivity index (χ2v) is 6.87. The Morgan fingerprint density at radius 2 is 2.09 bits per heavy atom. The summed E-state index contributed by atoms with van der Waals surface area (Å²) in [6.45, 7) is 11.9. The van der Waals surface area contributed by atoms with E-state index < -0.39 is 0 Å². The van der Waals surface area contributed by atoms with Gasteiger partial charge in [-0.15, -0.1) is 0 Å². The van der Waals surface area contributed by atoms with Gasteiger partial charge in [-0.25, -0.2) is 0 Å². The van der Waals surface area contributed by atoms with Crippen LogP contribution < -0.4 is 5.32 Å². The molecule has 1 heterocycles. The average Bonchev–Trinajstić information content (AvgIpc) is 2.49. The summed E-state index contributed by atoms with van der Waals surface area (Å²) in [6, 6.07) is 0. The Balaban J connectivity index is 2.50. The average molecular weight is 312 g/mol. The molecule has 1 unspecified atom stereocenters. The number of aliphatic imine (C=N–C) groups is 1. The second-order valence-electron chi connectivity index (χ2n) is 6.87. The molecular formula is C18H37N3O. The first-order chi connectivity index (χ1) is 10.6. The van der Waals surface area contributed by atoms with Gasteiger partial charge in [0.05, 0.1) is 0 Å². The largest absolute Gasteiger partial charge is 0.385 e. The van der Waals surface area contributed by atoms with Crippen LogP contribution in [0.25, 0.3) is 0 Å². The smallest absolute Gasteiger partial charge is 0.193 e. The van der Waals surface area contributed by atoms with Crippen LogP contribution in [0.3, 0.4) is 0 Å². The van der Waals surface area contributed by atoms with E-state index in [0.717, 1.165) is 51.6 Å². The lowest BCUT2D eigenvalue weighted by Gasteiger charge is -2.42. The van der Waals surface area contributed by atoms with E-state index in [2.05, 4.69) is 31.0 Å². The molecule has 1 atom stereocenters. The Morgan fingerprint density at radius 3 is 2.77 bits per heavy atom. The molecule has 1 aliphatic rings. The molecular weight excluding hydrogens is 274 g/mol. The summed E-state index contributed by atoms with van der Waals surface area (Å²) < 4.78 is 5.09. The summed E-state index contributed by atoms with van der Waals surface area (Å²) in [5.74, 6) is 1.12. The molecule has 4 nitrogen and oxygen atoms in total. The quantitative estimate of drug-likeness (QED) is 0.401. The van der Waals surface area contributed by atoms with Crippen LogP contribution in [-0.4, -0.2) is 50.8 Å². The van der Waals surface area contributed by atoms with Crippen LogP contribution in [0.1, 0.15) is 65.7 Å². The number of ether oxygens (including phenoxy) is 1. The molecule has 130 valence electrons. The van der Waals surface area contributed by atoms with Crippen molar-refractivity contribution in [2.24, 2.45) is 10.4 Å². The lowest BCUT2D eigenvalue weighted by Crippen LogP contribution is -2.49. The van der Waals surface area contributed by atoms with Gasteiger partial charge >= 0.3 is 0 Å². The molecule has 22 heavy (non-hydrogen) atoms. The lowest BCUT2D eigenvalue weighted by molar-refractivity contribution is 0.142.